The predicted molar refractivity (Wildman–Crippen MR) is 52.8 cm³/mol. The zero-order valence-electron chi connectivity index (χ0n) is 8.04. The molecule has 2 rings (SSSR count). The summed E-state index contributed by atoms with van der Waals surface area (Å²) in [5.74, 6) is -1.56. The van der Waals surface area contributed by atoms with Crippen LogP contribution in [0, 0.1) is 0 Å². The summed E-state index contributed by atoms with van der Waals surface area (Å²) in [5.41, 5.74) is 0.144. The van der Waals surface area contributed by atoms with Crippen LogP contribution in [-0.2, 0) is 14.9 Å². The Labute approximate surface area is 91.8 Å². The molecule has 1 aromatic carbocycles. The van der Waals surface area contributed by atoms with Gasteiger partial charge in [-0.2, -0.15) is 0 Å². The summed E-state index contributed by atoms with van der Waals surface area (Å²) in [6.45, 7) is 0. The Morgan fingerprint density at radius 3 is 2.44 bits per heavy atom. The van der Waals surface area contributed by atoms with Gasteiger partial charge in [-0.3, -0.25) is 9.59 Å². The van der Waals surface area contributed by atoms with E-state index in [-0.39, 0.29) is 11.1 Å². The highest BCUT2D eigenvalue weighted by atomic mass is 32.2. The van der Waals surface area contributed by atoms with Crippen LogP contribution < -0.4 is 0 Å². The lowest BCUT2D eigenvalue weighted by Crippen LogP contribution is -2.29. The minimum Gasteiger partial charge on any atom is -0.747 e. The maximum Gasteiger partial charge on any atom is 0.228 e. The quantitative estimate of drug-likeness (QED) is 0.523. The van der Waals surface area contributed by atoms with Gasteiger partial charge in [-0.25, -0.2) is 8.42 Å². The van der Waals surface area contributed by atoms with Crippen LogP contribution in [0.15, 0.2) is 24.3 Å². The van der Waals surface area contributed by atoms with E-state index in [0.717, 1.165) is 0 Å². The number of ketones is 2. The van der Waals surface area contributed by atoms with Crippen LogP contribution in [-0.4, -0.2) is 24.5 Å². The van der Waals surface area contributed by atoms with E-state index in [1.54, 1.807) is 0 Å². The fourth-order valence-corrected chi connectivity index (χ4v) is 2.64. The smallest absolute Gasteiger partial charge is 0.228 e. The zero-order chi connectivity index (χ0) is 11.9. The van der Waals surface area contributed by atoms with Crippen LogP contribution in [0.2, 0.25) is 0 Å². The lowest BCUT2D eigenvalue weighted by Gasteiger charge is -2.25. The van der Waals surface area contributed by atoms with Gasteiger partial charge in [0.15, 0.2) is 0 Å². The van der Waals surface area contributed by atoms with Crippen molar-refractivity contribution in [1.82, 2.24) is 0 Å². The lowest BCUT2D eigenvalue weighted by molar-refractivity contribution is -0.115. The number of Topliss-reactive ketones (excluding diaryl/α,β-unsaturated/α-hetero) is 2. The van der Waals surface area contributed by atoms with Gasteiger partial charge in [0.1, 0.15) is 10.1 Å². The van der Waals surface area contributed by atoms with Gasteiger partial charge >= 0.3 is 0 Å². The second-order valence-corrected chi connectivity index (χ2v) is 5.08. The molecule has 0 N–H and O–H groups in total. The molecule has 0 fully saturated rings. The Balaban J connectivity index is 2.67. The van der Waals surface area contributed by atoms with Crippen molar-refractivity contribution in [3.63, 3.8) is 0 Å². The first-order valence-corrected chi connectivity index (χ1v) is 5.99. The molecule has 1 aliphatic rings. The molecule has 0 bridgehead atoms. The Morgan fingerprint density at radius 2 is 1.81 bits per heavy atom. The third-order valence-electron chi connectivity index (χ3n) is 2.52. The first kappa shape index (κ1) is 11.0. The summed E-state index contributed by atoms with van der Waals surface area (Å²) in [7, 11) is -4.62. The zero-order valence-corrected chi connectivity index (χ0v) is 8.86. The second-order valence-electron chi connectivity index (χ2n) is 3.53. The van der Waals surface area contributed by atoms with Gasteiger partial charge in [-0.15, -0.1) is 0 Å². The fourth-order valence-electron chi connectivity index (χ4n) is 1.76. The molecule has 0 amide bonds. The predicted octanol–water partition coefficient (Wildman–Crippen LogP) is 0.428. The van der Waals surface area contributed by atoms with Gasteiger partial charge in [0.2, 0.25) is 11.6 Å². The molecular weight excluding hydrogens is 232 g/mol. The monoisotopic (exact) mass is 239 g/mol. The summed E-state index contributed by atoms with van der Waals surface area (Å²) < 4.78 is 32.9. The van der Waals surface area contributed by atoms with Crippen molar-refractivity contribution in [1.29, 1.82) is 0 Å². The summed E-state index contributed by atoms with van der Waals surface area (Å²) in [6, 6.07) is 5.79. The minimum absolute atomic E-state index is 0.0168. The van der Waals surface area contributed by atoms with Crippen molar-refractivity contribution >= 4 is 21.7 Å². The highest BCUT2D eigenvalue weighted by Gasteiger charge is 2.35. The van der Waals surface area contributed by atoms with Crippen LogP contribution in [0.25, 0.3) is 0 Å². The Kier molecular flexibility index (Phi) is 2.40. The van der Waals surface area contributed by atoms with Crippen molar-refractivity contribution < 1.29 is 22.6 Å². The molecular formula is C10H7O5S-. The molecule has 1 atom stereocenters. The van der Waals surface area contributed by atoms with E-state index in [1.165, 1.54) is 24.3 Å². The maximum atomic E-state index is 11.4. The van der Waals surface area contributed by atoms with Gasteiger partial charge in [0.05, 0.1) is 5.25 Å². The van der Waals surface area contributed by atoms with Crippen molar-refractivity contribution in [2.24, 2.45) is 0 Å². The normalized spacial score (nSPS) is 20.7. The largest absolute Gasteiger partial charge is 0.747 e. The highest BCUT2D eigenvalue weighted by molar-refractivity contribution is 7.86. The molecule has 0 radical (unpaired) electrons. The van der Waals surface area contributed by atoms with Crippen molar-refractivity contribution in [2.45, 2.75) is 11.7 Å². The third-order valence-corrected chi connectivity index (χ3v) is 3.64. The molecule has 0 saturated heterocycles. The molecule has 0 saturated carbocycles. The van der Waals surface area contributed by atoms with E-state index in [1.807, 2.05) is 0 Å². The van der Waals surface area contributed by atoms with Crippen LogP contribution in [0.1, 0.15) is 27.6 Å². The molecule has 16 heavy (non-hydrogen) atoms. The number of hydrogen-bond acceptors (Lipinski definition) is 5. The molecule has 6 heteroatoms. The minimum atomic E-state index is -4.62. The summed E-state index contributed by atoms with van der Waals surface area (Å²) in [5, 5.41) is -1.44. The molecule has 1 unspecified atom stereocenters. The van der Waals surface area contributed by atoms with E-state index < -0.39 is 33.4 Å². The second kappa shape index (κ2) is 3.50. The number of hydrogen-bond donors (Lipinski definition) is 0. The molecule has 1 aromatic rings. The number of fused-ring (bicyclic) bond motifs is 1. The van der Waals surface area contributed by atoms with Crippen LogP contribution in [0.4, 0.5) is 0 Å². The first-order valence-electron chi connectivity index (χ1n) is 4.52. The van der Waals surface area contributed by atoms with Gasteiger partial charge < -0.3 is 4.55 Å². The molecule has 0 aliphatic heterocycles. The Morgan fingerprint density at radius 1 is 1.19 bits per heavy atom. The van der Waals surface area contributed by atoms with Crippen LogP contribution in [0.5, 0.6) is 0 Å². The molecule has 0 aromatic heterocycles. The average Bonchev–Trinajstić information content (AvgIpc) is 2.22. The van der Waals surface area contributed by atoms with Crippen molar-refractivity contribution in [3.8, 4) is 0 Å². The van der Waals surface area contributed by atoms with Gasteiger partial charge in [0.25, 0.3) is 0 Å². The van der Waals surface area contributed by atoms with E-state index in [2.05, 4.69) is 0 Å². The summed E-state index contributed by atoms with van der Waals surface area (Å²) in [6.07, 6.45) is -0.554. The van der Waals surface area contributed by atoms with Crippen LogP contribution in [0.3, 0.4) is 0 Å². The van der Waals surface area contributed by atoms with Gasteiger partial charge in [0, 0.05) is 12.0 Å². The molecule has 84 valence electrons. The number of rotatable bonds is 1. The Hall–Kier alpha value is -1.53. The van der Waals surface area contributed by atoms with Crippen molar-refractivity contribution in [2.75, 3.05) is 0 Å². The number of carbonyl (C=O) groups is 2. The first-order chi connectivity index (χ1) is 7.41. The fraction of sp³-hybridized carbons (Fsp3) is 0.200. The molecule has 5 nitrogen and oxygen atoms in total. The van der Waals surface area contributed by atoms with E-state index in [4.69, 9.17) is 0 Å². The molecule has 0 spiro atoms. The lowest BCUT2D eigenvalue weighted by atomic mass is 9.89. The number of benzene rings is 1. The summed E-state index contributed by atoms with van der Waals surface area (Å²) in [4.78, 5) is 22.7. The average molecular weight is 239 g/mol. The standard InChI is InChI=1S/C10H8O5S/c11-8-5-9(16(13,14)15)6-3-1-2-4-7(6)10(8)12/h1-4,9H,5H2,(H,13,14,15)/p-1. The van der Waals surface area contributed by atoms with Crippen LogP contribution >= 0.6 is 0 Å². The Bertz CT molecular complexity index is 573. The SMILES string of the molecule is O=C1CC(S(=O)(=O)[O-])c2ccccc2C1=O. The number of carbonyl (C=O) groups excluding carboxylic acids is 2. The highest BCUT2D eigenvalue weighted by Crippen LogP contribution is 2.33. The maximum absolute atomic E-state index is 11.4. The van der Waals surface area contributed by atoms with Gasteiger partial charge in [-0.05, 0) is 5.56 Å². The summed E-state index contributed by atoms with van der Waals surface area (Å²) >= 11 is 0. The molecule has 0 heterocycles. The van der Waals surface area contributed by atoms with Crippen molar-refractivity contribution in [3.05, 3.63) is 35.4 Å². The third kappa shape index (κ3) is 1.66. The van der Waals surface area contributed by atoms with E-state index in [0.29, 0.717) is 0 Å². The van der Waals surface area contributed by atoms with E-state index >= 15 is 0 Å². The van der Waals surface area contributed by atoms with E-state index in [9.17, 15) is 22.6 Å². The topological polar surface area (TPSA) is 91.3 Å². The molecule has 1 aliphatic carbocycles. The van der Waals surface area contributed by atoms with Gasteiger partial charge in [-0.1, -0.05) is 24.3 Å².